The third-order valence-corrected chi connectivity index (χ3v) is 8.62. The van der Waals surface area contributed by atoms with Crippen LogP contribution in [0.4, 0.5) is 5.95 Å². The van der Waals surface area contributed by atoms with Crippen molar-refractivity contribution in [3.05, 3.63) is 40.4 Å². The number of nitrogens with zero attached hydrogens (tertiary/aromatic N) is 6. The second kappa shape index (κ2) is 10.8. The summed E-state index contributed by atoms with van der Waals surface area (Å²) < 4.78 is 37.7. The number of phosphoric acid groups is 1. The van der Waals surface area contributed by atoms with E-state index in [2.05, 4.69) is 24.9 Å². The molecule has 0 aromatic carbocycles. The fourth-order valence-electron chi connectivity index (χ4n) is 5.15. The van der Waals surface area contributed by atoms with E-state index in [1.54, 1.807) is 6.07 Å². The molecular formula is C22H26ClN8O11P. The molecule has 21 heteroatoms. The summed E-state index contributed by atoms with van der Waals surface area (Å²) in [6.07, 6.45) is -6.44. The highest BCUT2D eigenvalue weighted by atomic mass is 35.5. The Bertz CT molecular complexity index is 1780. The van der Waals surface area contributed by atoms with E-state index in [0.717, 1.165) is 10.9 Å². The second-order valence-electron chi connectivity index (χ2n) is 10.2. The third-order valence-electron chi connectivity index (χ3n) is 7.35. The van der Waals surface area contributed by atoms with Crippen molar-refractivity contribution in [3.8, 4) is 0 Å². The first-order chi connectivity index (χ1) is 20.3. The van der Waals surface area contributed by atoms with Gasteiger partial charge in [-0.05, 0) is 13.0 Å². The minimum absolute atomic E-state index is 0.0848. The first kappa shape index (κ1) is 30.0. The first-order valence-electron chi connectivity index (χ1n) is 12.7. The Labute approximate surface area is 245 Å². The van der Waals surface area contributed by atoms with Crippen LogP contribution in [0.1, 0.15) is 19.4 Å². The zero-order valence-corrected chi connectivity index (χ0v) is 23.7. The minimum atomic E-state index is -5.09. The van der Waals surface area contributed by atoms with Crippen LogP contribution in [-0.4, -0.2) is 109 Å². The lowest BCUT2D eigenvalue weighted by Crippen LogP contribution is -2.44. The third kappa shape index (κ3) is 5.11. The molecule has 4 aromatic heterocycles. The van der Waals surface area contributed by atoms with Gasteiger partial charge in [0.05, 0.1) is 24.9 Å². The van der Waals surface area contributed by atoms with Crippen molar-refractivity contribution in [1.82, 2.24) is 34.1 Å². The summed E-state index contributed by atoms with van der Waals surface area (Å²) in [5.74, 6) is -0.252. The number of aliphatic hydroxyl groups excluding tert-OH is 4. The van der Waals surface area contributed by atoms with Crippen LogP contribution < -0.4 is 11.3 Å². The number of H-pyrrole nitrogens is 1. The largest absolute Gasteiger partial charge is 0.472 e. The van der Waals surface area contributed by atoms with Gasteiger partial charge >= 0.3 is 7.82 Å². The Morgan fingerprint density at radius 3 is 2.70 bits per heavy atom. The van der Waals surface area contributed by atoms with Gasteiger partial charge in [0.25, 0.3) is 5.56 Å². The minimum Gasteiger partial charge on any atom is -0.394 e. The monoisotopic (exact) mass is 644 g/mol. The van der Waals surface area contributed by atoms with E-state index in [1.807, 2.05) is 0 Å². The Morgan fingerprint density at radius 2 is 1.95 bits per heavy atom. The molecule has 6 heterocycles. The molecule has 0 bridgehead atoms. The number of nitrogens with two attached hydrogens (primary N) is 1. The van der Waals surface area contributed by atoms with E-state index < -0.39 is 75.2 Å². The van der Waals surface area contributed by atoms with E-state index in [1.165, 1.54) is 24.0 Å². The van der Waals surface area contributed by atoms with Crippen LogP contribution in [0.3, 0.4) is 0 Å². The number of fused-ring (bicyclic) bond motifs is 2. The van der Waals surface area contributed by atoms with Crippen molar-refractivity contribution < 1.29 is 48.4 Å². The number of phosphoric ester groups is 1. The van der Waals surface area contributed by atoms with E-state index in [-0.39, 0.29) is 22.3 Å². The number of anilines is 1. The summed E-state index contributed by atoms with van der Waals surface area (Å²) in [7, 11) is -5.09. The van der Waals surface area contributed by atoms with Gasteiger partial charge in [0, 0.05) is 6.20 Å². The van der Waals surface area contributed by atoms with Crippen molar-refractivity contribution in [2.24, 2.45) is 0 Å². The Kier molecular flexibility index (Phi) is 7.55. The molecule has 2 saturated heterocycles. The van der Waals surface area contributed by atoms with Crippen LogP contribution in [0.2, 0.25) is 5.15 Å². The molecule has 232 valence electrons. The Balaban J connectivity index is 1.21. The number of hydrogen-bond donors (Lipinski definition) is 7. The smallest absolute Gasteiger partial charge is 0.394 e. The molecule has 1 unspecified atom stereocenters. The molecule has 43 heavy (non-hydrogen) atoms. The van der Waals surface area contributed by atoms with Gasteiger partial charge in [0.15, 0.2) is 23.6 Å². The van der Waals surface area contributed by atoms with Gasteiger partial charge in [-0.25, -0.2) is 19.5 Å². The molecule has 8 N–H and O–H groups in total. The van der Waals surface area contributed by atoms with Crippen molar-refractivity contribution in [2.45, 2.75) is 55.5 Å². The zero-order valence-electron chi connectivity index (χ0n) is 22.0. The highest BCUT2D eigenvalue weighted by molar-refractivity contribution is 7.47. The quantitative estimate of drug-likeness (QED) is 0.0854. The average molecular weight is 645 g/mol. The van der Waals surface area contributed by atoms with Gasteiger partial charge in [-0.15, -0.1) is 0 Å². The molecule has 9 atom stereocenters. The van der Waals surface area contributed by atoms with Crippen molar-refractivity contribution in [1.29, 1.82) is 0 Å². The summed E-state index contributed by atoms with van der Waals surface area (Å²) in [5.41, 5.74) is 3.32. The molecule has 0 saturated carbocycles. The van der Waals surface area contributed by atoms with E-state index in [9.17, 15) is 34.7 Å². The van der Waals surface area contributed by atoms with E-state index in [0.29, 0.717) is 11.0 Å². The average Bonchev–Trinajstić information content (AvgIpc) is 3.70. The molecule has 6 rings (SSSR count). The lowest BCUT2D eigenvalue weighted by Gasteiger charge is -2.29. The number of halogens is 1. The number of aliphatic hydroxyl groups is 4. The van der Waals surface area contributed by atoms with Gasteiger partial charge in [-0.1, -0.05) is 11.6 Å². The van der Waals surface area contributed by atoms with Crippen molar-refractivity contribution in [3.63, 3.8) is 0 Å². The highest BCUT2D eigenvalue weighted by Gasteiger charge is 2.54. The van der Waals surface area contributed by atoms with Crippen molar-refractivity contribution >= 4 is 47.6 Å². The summed E-state index contributed by atoms with van der Waals surface area (Å²) in [5, 5.41) is 42.7. The normalized spacial score (nSPS) is 32.6. The molecular weight excluding hydrogens is 619 g/mol. The molecule has 4 aromatic rings. The molecule has 19 nitrogen and oxygen atoms in total. The maximum atomic E-state index is 13.1. The number of nitrogen functional groups attached to an aromatic ring is 1. The number of rotatable bonds is 8. The molecule has 0 aliphatic carbocycles. The fourth-order valence-corrected chi connectivity index (χ4v) is 6.36. The summed E-state index contributed by atoms with van der Waals surface area (Å²) in [6, 6.07) is 1.59. The molecule has 2 fully saturated rings. The maximum Gasteiger partial charge on any atom is 0.472 e. The lowest BCUT2D eigenvalue weighted by molar-refractivity contribution is -0.117. The zero-order chi connectivity index (χ0) is 30.8. The summed E-state index contributed by atoms with van der Waals surface area (Å²) in [4.78, 5) is 41.1. The predicted molar refractivity (Wildman–Crippen MR) is 143 cm³/mol. The number of nitrogens with one attached hydrogen (secondary N) is 1. The van der Waals surface area contributed by atoms with Crippen LogP contribution in [0.25, 0.3) is 22.2 Å². The SMILES string of the molecule is C[C@@]1(COP(=O)(O)O[C@@H]2[C@H](O)[C@@H](CO)O[C@H]2n2cnc3c(=O)[nH]c(N)nc32)O[C@@H](n2ccc3c(Cl)ncnc32)[C@H](O)[C@@H]1O. The highest BCUT2D eigenvalue weighted by Crippen LogP contribution is 2.51. The Hall–Kier alpha value is -3.07. The van der Waals surface area contributed by atoms with Gasteiger partial charge in [0.2, 0.25) is 5.95 Å². The Morgan fingerprint density at radius 1 is 1.19 bits per heavy atom. The number of imidazole rings is 1. The van der Waals surface area contributed by atoms with Crippen LogP contribution in [0.15, 0.2) is 29.7 Å². The molecule has 0 spiro atoms. The standard InChI is InChI=1S/C22H26ClN8O11P/c1-22(14(35)12(34)19(41-22)30-3-2-8-15(23)25-6-26-16(8)30)5-39-43(37,38)42-13-11(33)9(4-32)40-20(13)31-7-27-10-17(31)28-21(24)29-18(10)36/h2-3,6-7,9,11-14,19-20,32-35H,4-5H2,1H3,(H,37,38)(H3,24,28,29,36)/t9-,11-,12-,13-,14+,19-,20-,22+/m1/s1. The summed E-state index contributed by atoms with van der Waals surface area (Å²) >= 11 is 6.10. The van der Waals surface area contributed by atoms with Crippen LogP contribution in [-0.2, 0) is 23.1 Å². The fraction of sp³-hybridized carbons (Fsp3) is 0.500. The van der Waals surface area contributed by atoms with Gasteiger partial charge in [-0.2, -0.15) is 4.98 Å². The van der Waals surface area contributed by atoms with Gasteiger partial charge in [-0.3, -0.25) is 23.4 Å². The molecule has 0 amide bonds. The summed E-state index contributed by atoms with van der Waals surface area (Å²) in [6.45, 7) is -0.111. The topological polar surface area (TPSA) is 275 Å². The van der Waals surface area contributed by atoms with E-state index in [4.69, 9.17) is 35.9 Å². The van der Waals surface area contributed by atoms with E-state index >= 15 is 0 Å². The number of aromatic nitrogens is 7. The number of ether oxygens (including phenoxy) is 2. The molecule has 2 aliphatic rings. The first-order valence-corrected chi connectivity index (χ1v) is 14.5. The molecule has 0 radical (unpaired) electrons. The predicted octanol–water partition coefficient (Wildman–Crippen LogP) is -1.44. The van der Waals surface area contributed by atoms with Gasteiger partial charge < -0.3 is 45.1 Å². The number of hydrogen-bond acceptors (Lipinski definition) is 15. The second-order valence-corrected chi connectivity index (χ2v) is 12.0. The number of aromatic amines is 1. The molecule has 2 aliphatic heterocycles. The van der Waals surface area contributed by atoms with Crippen LogP contribution in [0, 0.1) is 0 Å². The maximum absolute atomic E-state index is 13.1. The van der Waals surface area contributed by atoms with Crippen LogP contribution in [0.5, 0.6) is 0 Å². The van der Waals surface area contributed by atoms with Gasteiger partial charge in [0.1, 0.15) is 53.2 Å². The van der Waals surface area contributed by atoms with Crippen LogP contribution >= 0.6 is 19.4 Å². The lowest BCUT2D eigenvalue weighted by atomic mass is 9.99. The van der Waals surface area contributed by atoms with Crippen molar-refractivity contribution in [2.75, 3.05) is 18.9 Å².